The third kappa shape index (κ3) is 2.47. The van der Waals surface area contributed by atoms with Crippen molar-refractivity contribution in [2.45, 2.75) is 44.4 Å². The average Bonchev–Trinajstić information content (AvgIpc) is 2.68. The molecule has 3 atom stereocenters. The minimum atomic E-state index is 0.296. The molecule has 0 bridgehead atoms. The van der Waals surface area contributed by atoms with Crippen molar-refractivity contribution in [3.63, 3.8) is 0 Å². The van der Waals surface area contributed by atoms with Crippen LogP contribution in [0.1, 0.15) is 48.7 Å². The zero-order valence-corrected chi connectivity index (χ0v) is 12.3. The van der Waals surface area contributed by atoms with Crippen LogP contribution in [0.25, 0.3) is 0 Å². The SMILES string of the molecule is CC1CC1C(Br)c1ccc(C(C)(C)C)s1. The van der Waals surface area contributed by atoms with Crippen LogP contribution in [0.4, 0.5) is 0 Å². The predicted molar refractivity (Wildman–Crippen MR) is 72.0 cm³/mol. The zero-order valence-electron chi connectivity index (χ0n) is 9.88. The molecule has 84 valence electrons. The van der Waals surface area contributed by atoms with Gasteiger partial charge in [-0.15, -0.1) is 11.3 Å². The topological polar surface area (TPSA) is 0 Å². The molecule has 1 aliphatic rings. The summed E-state index contributed by atoms with van der Waals surface area (Å²) in [4.78, 5) is 3.60. The van der Waals surface area contributed by atoms with E-state index in [2.05, 4.69) is 55.8 Å². The standard InChI is InChI=1S/C13H19BrS/c1-8-7-9(8)12(14)10-5-6-11(15-10)13(2,3)4/h5-6,8-9,12H,7H2,1-4H3. The maximum Gasteiger partial charge on any atom is 0.0520 e. The van der Waals surface area contributed by atoms with E-state index in [1.165, 1.54) is 16.2 Å². The molecular formula is C13H19BrS. The molecule has 1 heterocycles. The van der Waals surface area contributed by atoms with Gasteiger partial charge in [0.2, 0.25) is 0 Å². The molecule has 0 nitrogen and oxygen atoms in total. The molecule has 2 rings (SSSR count). The van der Waals surface area contributed by atoms with Gasteiger partial charge in [-0.1, -0.05) is 43.6 Å². The molecule has 0 saturated heterocycles. The Hall–Kier alpha value is 0.180. The Balaban J connectivity index is 2.13. The van der Waals surface area contributed by atoms with E-state index in [9.17, 15) is 0 Å². The second-order valence-corrected chi connectivity index (χ2v) is 7.83. The Bertz CT molecular complexity index is 348. The fourth-order valence-corrected chi connectivity index (χ4v) is 4.16. The summed E-state index contributed by atoms with van der Waals surface area (Å²) in [6.07, 6.45) is 1.39. The zero-order chi connectivity index (χ0) is 11.2. The molecule has 3 unspecified atom stereocenters. The van der Waals surface area contributed by atoms with Crippen molar-refractivity contribution in [1.82, 2.24) is 0 Å². The van der Waals surface area contributed by atoms with E-state index in [4.69, 9.17) is 0 Å². The average molecular weight is 287 g/mol. The minimum absolute atomic E-state index is 0.296. The number of thiophene rings is 1. The first-order valence-electron chi connectivity index (χ1n) is 5.64. The van der Waals surface area contributed by atoms with Crippen LogP contribution in [-0.4, -0.2) is 0 Å². The van der Waals surface area contributed by atoms with E-state index in [1.54, 1.807) is 0 Å². The molecule has 1 fully saturated rings. The van der Waals surface area contributed by atoms with Crippen molar-refractivity contribution >= 4 is 27.3 Å². The van der Waals surface area contributed by atoms with Crippen molar-refractivity contribution in [1.29, 1.82) is 0 Å². The Morgan fingerprint density at radius 1 is 1.40 bits per heavy atom. The highest BCUT2D eigenvalue weighted by molar-refractivity contribution is 9.09. The van der Waals surface area contributed by atoms with Gasteiger partial charge in [-0.3, -0.25) is 0 Å². The summed E-state index contributed by atoms with van der Waals surface area (Å²) in [5.74, 6) is 1.78. The Morgan fingerprint density at radius 3 is 2.40 bits per heavy atom. The summed E-state index contributed by atoms with van der Waals surface area (Å²) < 4.78 is 0. The van der Waals surface area contributed by atoms with Gasteiger partial charge in [-0.05, 0) is 35.8 Å². The van der Waals surface area contributed by atoms with Crippen LogP contribution in [-0.2, 0) is 5.41 Å². The first kappa shape index (κ1) is 11.7. The fraction of sp³-hybridized carbons (Fsp3) is 0.692. The molecule has 2 heteroatoms. The van der Waals surface area contributed by atoms with Crippen LogP contribution < -0.4 is 0 Å². The number of halogens is 1. The molecule has 15 heavy (non-hydrogen) atoms. The van der Waals surface area contributed by atoms with Crippen LogP contribution in [0.3, 0.4) is 0 Å². The van der Waals surface area contributed by atoms with Crippen LogP contribution in [0.5, 0.6) is 0 Å². The molecule has 0 spiro atoms. The van der Waals surface area contributed by atoms with Crippen LogP contribution in [0, 0.1) is 11.8 Å². The van der Waals surface area contributed by atoms with Crippen molar-refractivity contribution < 1.29 is 0 Å². The minimum Gasteiger partial charge on any atom is -0.144 e. The lowest BCUT2D eigenvalue weighted by Crippen LogP contribution is -2.07. The van der Waals surface area contributed by atoms with Crippen LogP contribution in [0.15, 0.2) is 12.1 Å². The van der Waals surface area contributed by atoms with Crippen LogP contribution >= 0.6 is 27.3 Å². The third-order valence-electron chi connectivity index (χ3n) is 3.19. The quantitative estimate of drug-likeness (QED) is 0.661. The predicted octanol–water partition coefficient (Wildman–Crippen LogP) is 5.14. The van der Waals surface area contributed by atoms with E-state index in [0.717, 1.165) is 11.8 Å². The van der Waals surface area contributed by atoms with Gasteiger partial charge in [0, 0.05) is 9.75 Å². The van der Waals surface area contributed by atoms with Gasteiger partial charge in [-0.25, -0.2) is 0 Å². The van der Waals surface area contributed by atoms with Crippen molar-refractivity contribution in [2.75, 3.05) is 0 Å². The molecule has 1 saturated carbocycles. The maximum absolute atomic E-state index is 3.84. The van der Waals surface area contributed by atoms with E-state index in [1.807, 2.05) is 11.3 Å². The van der Waals surface area contributed by atoms with Crippen molar-refractivity contribution in [2.24, 2.45) is 11.8 Å². The Morgan fingerprint density at radius 2 is 2.00 bits per heavy atom. The summed E-state index contributed by atoms with van der Waals surface area (Å²) in [6, 6.07) is 4.59. The van der Waals surface area contributed by atoms with Crippen molar-refractivity contribution in [3.05, 3.63) is 21.9 Å². The van der Waals surface area contributed by atoms with Gasteiger partial charge in [-0.2, -0.15) is 0 Å². The second-order valence-electron chi connectivity index (χ2n) is 5.73. The third-order valence-corrected chi connectivity index (χ3v) is 6.25. The first-order valence-corrected chi connectivity index (χ1v) is 7.37. The lowest BCUT2D eigenvalue weighted by molar-refractivity contribution is 0.604. The van der Waals surface area contributed by atoms with Gasteiger partial charge in [0.05, 0.1) is 4.83 Å². The number of hydrogen-bond donors (Lipinski definition) is 0. The molecule has 0 radical (unpaired) electrons. The number of rotatable bonds is 2. The molecule has 1 aromatic heterocycles. The lowest BCUT2D eigenvalue weighted by atomic mass is 9.95. The van der Waals surface area contributed by atoms with E-state index < -0.39 is 0 Å². The second kappa shape index (κ2) is 3.89. The normalized spacial score (nSPS) is 27.8. The molecule has 0 N–H and O–H groups in total. The van der Waals surface area contributed by atoms with E-state index >= 15 is 0 Å². The highest BCUT2D eigenvalue weighted by Gasteiger charge is 2.39. The largest absolute Gasteiger partial charge is 0.144 e. The molecule has 1 aliphatic carbocycles. The molecule has 0 amide bonds. The Labute approximate surface area is 105 Å². The Kier molecular flexibility index (Phi) is 3.02. The van der Waals surface area contributed by atoms with Gasteiger partial charge in [0.1, 0.15) is 0 Å². The summed E-state index contributed by atoms with van der Waals surface area (Å²) in [5.41, 5.74) is 0.296. The monoisotopic (exact) mass is 286 g/mol. The summed E-state index contributed by atoms with van der Waals surface area (Å²) in [5, 5.41) is 0. The molecule has 0 aliphatic heterocycles. The fourth-order valence-electron chi connectivity index (χ4n) is 1.87. The van der Waals surface area contributed by atoms with E-state index in [-0.39, 0.29) is 0 Å². The number of alkyl halides is 1. The number of hydrogen-bond acceptors (Lipinski definition) is 1. The van der Waals surface area contributed by atoms with Gasteiger partial charge < -0.3 is 0 Å². The molecular weight excluding hydrogens is 268 g/mol. The molecule has 0 aromatic carbocycles. The summed E-state index contributed by atoms with van der Waals surface area (Å²) >= 11 is 5.82. The first-order chi connectivity index (χ1) is 6.89. The molecule has 1 aromatic rings. The maximum atomic E-state index is 3.84. The van der Waals surface area contributed by atoms with Crippen LogP contribution in [0.2, 0.25) is 0 Å². The van der Waals surface area contributed by atoms with E-state index in [0.29, 0.717) is 10.2 Å². The van der Waals surface area contributed by atoms with Gasteiger partial charge in [0.15, 0.2) is 0 Å². The highest BCUT2D eigenvalue weighted by Crippen LogP contribution is 2.52. The summed E-state index contributed by atoms with van der Waals surface area (Å²) in [6.45, 7) is 9.19. The smallest absolute Gasteiger partial charge is 0.0520 e. The van der Waals surface area contributed by atoms with Gasteiger partial charge >= 0.3 is 0 Å². The van der Waals surface area contributed by atoms with Gasteiger partial charge in [0.25, 0.3) is 0 Å². The highest BCUT2D eigenvalue weighted by atomic mass is 79.9. The summed E-state index contributed by atoms with van der Waals surface area (Å²) in [7, 11) is 0. The lowest BCUT2D eigenvalue weighted by Gasteiger charge is -2.15. The van der Waals surface area contributed by atoms with Crippen molar-refractivity contribution in [3.8, 4) is 0 Å².